The highest BCUT2D eigenvalue weighted by Crippen LogP contribution is 2.64. The SMILES string of the molecule is C=CCN(CCCCC)C(=O)C1N(CCCCCCO)C(=O)[C@@H]2[C@@H](C(=O)N(CC=C)c3ccc(OCC)cc3)[C@@]3(CC)CCC12O3. The van der Waals surface area contributed by atoms with Crippen LogP contribution in [-0.4, -0.2) is 89.3 Å². The number of hydrogen-bond acceptors (Lipinski definition) is 6. The molecule has 1 aromatic carbocycles. The van der Waals surface area contributed by atoms with Gasteiger partial charge in [0.25, 0.3) is 0 Å². The Balaban J connectivity index is 1.74. The van der Waals surface area contributed by atoms with Crippen LogP contribution in [0.4, 0.5) is 5.69 Å². The monoisotopic (exact) mass is 637 g/mol. The van der Waals surface area contributed by atoms with E-state index in [1.165, 1.54) is 0 Å². The van der Waals surface area contributed by atoms with Crippen molar-refractivity contribution in [3.63, 3.8) is 0 Å². The Hall–Kier alpha value is -3.17. The Labute approximate surface area is 275 Å². The van der Waals surface area contributed by atoms with Crippen LogP contribution in [0.15, 0.2) is 49.6 Å². The number of likely N-dealkylation sites (tertiary alicyclic amines) is 1. The first-order valence-electron chi connectivity index (χ1n) is 17.4. The Bertz CT molecular complexity index is 1220. The molecule has 4 rings (SSSR count). The predicted octanol–water partition coefficient (Wildman–Crippen LogP) is 5.52. The number of amides is 3. The number of aliphatic hydroxyl groups excluding tert-OH is 1. The summed E-state index contributed by atoms with van der Waals surface area (Å²) in [5.41, 5.74) is -1.21. The third-order valence-electron chi connectivity index (χ3n) is 10.2. The van der Waals surface area contributed by atoms with Crippen LogP contribution in [0.5, 0.6) is 5.75 Å². The molecule has 0 saturated carbocycles. The Morgan fingerprint density at radius 3 is 2.35 bits per heavy atom. The number of nitrogens with zero attached hydrogens (tertiary/aromatic N) is 3. The highest BCUT2D eigenvalue weighted by molar-refractivity contribution is 6.03. The van der Waals surface area contributed by atoms with Crippen molar-refractivity contribution < 1.29 is 29.0 Å². The molecule has 9 nitrogen and oxygen atoms in total. The zero-order chi connectivity index (χ0) is 33.3. The molecule has 2 bridgehead atoms. The first-order chi connectivity index (χ1) is 22.3. The summed E-state index contributed by atoms with van der Waals surface area (Å²) < 4.78 is 12.7. The number of aliphatic hydroxyl groups is 1. The number of unbranched alkanes of at least 4 members (excludes halogenated alkanes) is 5. The van der Waals surface area contributed by atoms with Crippen LogP contribution in [0, 0.1) is 11.8 Å². The third kappa shape index (κ3) is 6.77. The van der Waals surface area contributed by atoms with Crippen molar-refractivity contribution in [2.75, 3.05) is 44.3 Å². The van der Waals surface area contributed by atoms with E-state index in [9.17, 15) is 19.5 Å². The van der Waals surface area contributed by atoms with E-state index in [1.807, 2.05) is 43.0 Å². The van der Waals surface area contributed by atoms with Crippen LogP contribution in [0.3, 0.4) is 0 Å². The second-order valence-corrected chi connectivity index (χ2v) is 12.9. The Morgan fingerprint density at radius 2 is 1.72 bits per heavy atom. The van der Waals surface area contributed by atoms with E-state index < -0.39 is 29.1 Å². The number of fused-ring (bicyclic) bond motifs is 1. The number of rotatable bonds is 20. The minimum Gasteiger partial charge on any atom is -0.494 e. The molecule has 5 atom stereocenters. The lowest BCUT2D eigenvalue weighted by Gasteiger charge is -2.37. The number of carbonyl (C=O) groups excluding carboxylic acids is 3. The van der Waals surface area contributed by atoms with Gasteiger partial charge in [-0.2, -0.15) is 0 Å². The van der Waals surface area contributed by atoms with Gasteiger partial charge in [0.2, 0.25) is 17.7 Å². The summed E-state index contributed by atoms with van der Waals surface area (Å²) in [6, 6.07) is 6.61. The molecule has 3 aliphatic heterocycles. The van der Waals surface area contributed by atoms with Crippen LogP contribution in [0.1, 0.15) is 85.0 Å². The maximum Gasteiger partial charge on any atom is 0.248 e. The molecule has 9 heteroatoms. The summed E-state index contributed by atoms with van der Waals surface area (Å²) in [5.74, 6) is -1.21. The third-order valence-corrected chi connectivity index (χ3v) is 10.2. The van der Waals surface area contributed by atoms with Gasteiger partial charge in [0.1, 0.15) is 17.4 Å². The van der Waals surface area contributed by atoms with E-state index in [0.29, 0.717) is 64.0 Å². The fourth-order valence-corrected chi connectivity index (χ4v) is 8.04. The van der Waals surface area contributed by atoms with Crippen LogP contribution in [0.2, 0.25) is 0 Å². The van der Waals surface area contributed by atoms with Crippen LogP contribution >= 0.6 is 0 Å². The lowest BCUT2D eigenvalue weighted by molar-refractivity contribution is -0.152. The lowest BCUT2D eigenvalue weighted by atomic mass is 9.64. The van der Waals surface area contributed by atoms with Gasteiger partial charge in [-0.15, -0.1) is 13.2 Å². The number of anilines is 1. The normalized spacial score (nSPS) is 26.2. The standard InChI is InChI=1S/C37H55N3O6/c1-6-11-14-25-38(23-7-2)35(44)32-37-22-21-36(9-4,46-37)30(31(37)34(43)40(32)26-15-12-13-16-27-41)33(42)39(24-8-3)28-17-19-29(20-18-28)45-10-5/h7-8,17-20,30-32,41H,2-3,6,9-16,21-27H2,1,4-5H3/t30-,31-,32?,36+,37?/m0/s1. The lowest BCUT2D eigenvalue weighted by Crippen LogP contribution is -2.56. The van der Waals surface area contributed by atoms with Crippen LogP contribution in [-0.2, 0) is 19.1 Å². The van der Waals surface area contributed by atoms with Crippen molar-refractivity contribution >= 4 is 23.4 Å². The molecule has 46 heavy (non-hydrogen) atoms. The maximum absolute atomic E-state index is 14.8. The predicted molar refractivity (Wildman–Crippen MR) is 181 cm³/mol. The molecular formula is C37H55N3O6. The fraction of sp³-hybridized carbons (Fsp3) is 0.649. The van der Waals surface area contributed by atoms with Crippen molar-refractivity contribution in [2.24, 2.45) is 11.8 Å². The first-order valence-corrected chi connectivity index (χ1v) is 17.4. The van der Waals surface area contributed by atoms with E-state index in [2.05, 4.69) is 20.1 Å². The fourth-order valence-electron chi connectivity index (χ4n) is 8.04. The minimum absolute atomic E-state index is 0.114. The van der Waals surface area contributed by atoms with E-state index in [-0.39, 0.29) is 30.9 Å². The van der Waals surface area contributed by atoms with Crippen molar-refractivity contribution in [3.05, 3.63) is 49.6 Å². The molecule has 0 radical (unpaired) electrons. The van der Waals surface area contributed by atoms with Crippen LogP contribution < -0.4 is 9.64 Å². The van der Waals surface area contributed by atoms with Crippen molar-refractivity contribution in [1.82, 2.24) is 9.80 Å². The average molecular weight is 638 g/mol. The molecule has 0 aliphatic carbocycles. The molecule has 3 saturated heterocycles. The molecule has 2 unspecified atom stereocenters. The van der Waals surface area contributed by atoms with Gasteiger partial charge in [-0.05, 0) is 69.7 Å². The summed E-state index contributed by atoms with van der Waals surface area (Å²) in [7, 11) is 0. The second kappa shape index (κ2) is 16.1. The van der Waals surface area contributed by atoms with Gasteiger partial charge in [-0.1, -0.05) is 51.7 Å². The van der Waals surface area contributed by atoms with Gasteiger partial charge in [0, 0.05) is 38.5 Å². The van der Waals surface area contributed by atoms with Crippen molar-refractivity contribution in [3.8, 4) is 5.75 Å². The number of hydrogen-bond donors (Lipinski definition) is 1. The van der Waals surface area contributed by atoms with Crippen LogP contribution in [0.25, 0.3) is 0 Å². The summed E-state index contributed by atoms with van der Waals surface area (Å²) in [6.07, 6.45) is 11.2. The first kappa shape index (κ1) is 35.7. The Morgan fingerprint density at radius 1 is 1.00 bits per heavy atom. The number of benzene rings is 1. The van der Waals surface area contributed by atoms with E-state index in [0.717, 1.165) is 37.9 Å². The van der Waals surface area contributed by atoms with E-state index in [4.69, 9.17) is 9.47 Å². The van der Waals surface area contributed by atoms with E-state index >= 15 is 0 Å². The maximum atomic E-state index is 14.8. The Kier molecular flexibility index (Phi) is 12.5. The molecule has 1 aromatic rings. The molecule has 1 spiro atoms. The minimum atomic E-state index is -1.07. The van der Waals surface area contributed by atoms with E-state index in [1.54, 1.807) is 22.0 Å². The molecule has 3 amide bonds. The number of ether oxygens (including phenoxy) is 2. The molecule has 1 N–H and O–H groups in total. The molecule has 0 aromatic heterocycles. The topological polar surface area (TPSA) is 99.6 Å². The smallest absolute Gasteiger partial charge is 0.248 e. The highest BCUT2D eigenvalue weighted by Gasteiger charge is 2.79. The summed E-state index contributed by atoms with van der Waals surface area (Å²) in [4.78, 5) is 49.3. The van der Waals surface area contributed by atoms with Crippen molar-refractivity contribution in [2.45, 2.75) is 102 Å². The summed E-state index contributed by atoms with van der Waals surface area (Å²) >= 11 is 0. The number of carbonyl (C=O) groups is 3. The summed E-state index contributed by atoms with van der Waals surface area (Å²) in [6.45, 7) is 16.2. The highest BCUT2D eigenvalue weighted by atomic mass is 16.5. The quantitative estimate of drug-likeness (QED) is 0.149. The molecule has 3 heterocycles. The van der Waals surface area contributed by atoms with Gasteiger partial charge in [0.15, 0.2) is 0 Å². The average Bonchev–Trinajstić information content (AvgIpc) is 3.66. The molecular weight excluding hydrogens is 582 g/mol. The zero-order valence-corrected chi connectivity index (χ0v) is 28.3. The van der Waals surface area contributed by atoms with Gasteiger partial charge < -0.3 is 29.3 Å². The van der Waals surface area contributed by atoms with Gasteiger partial charge >= 0.3 is 0 Å². The zero-order valence-electron chi connectivity index (χ0n) is 28.3. The second-order valence-electron chi connectivity index (χ2n) is 12.9. The van der Waals surface area contributed by atoms with Crippen molar-refractivity contribution in [1.29, 1.82) is 0 Å². The van der Waals surface area contributed by atoms with Gasteiger partial charge in [-0.25, -0.2) is 0 Å². The van der Waals surface area contributed by atoms with Gasteiger partial charge in [-0.3, -0.25) is 14.4 Å². The van der Waals surface area contributed by atoms with Gasteiger partial charge in [0.05, 0.1) is 24.0 Å². The summed E-state index contributed by atoms with van der Waals surface area (Å²) in [5, 5.41) is 9.26. The largest absolute Gasteiger partial charge is 0.494 e. The molecule has 3 fully saturated rings. The molecule has 254 valence electrons. The molecule has 3 aliphatic rings.